The van der Waals surface area contributed by atoms with Gasteiger partial charge in [0.2, 0.25) is 0 Å². The number of fused-ring (bicyclic) bond motifs is 1. The molecule has 0 amide bonds. The van der Waals surface area contributed by atoms with Crippen molar-refractivity contribution >= 4 is 32.9 Å². The largest absolute Gasteiger partial charge is 0.462 e. The molecule has 0 spiro atoms. The molecule has 0 fully saturated rings. The number of aromatic amines is 1. The summed E-state index contributed by atoms with van der Waals surface area (Å²) in [5, 5.41) is 0.0778. The number of halogens is 4. The molecule has 2 heterocycles. The lowest BCUT2D eigenvalue weighted by Gasteiger charge is -2.07. The average Bonchev–Trinajstić information content (AvgIpc) is 2.67. The fourth-order valence-electron chi connectivity index (χ4n) is 1.68. The Hall–Kier alpha value is -1.57. The smallest absolute Gasteiger partial charge is 0.432 e. The summed E-state index contributed by atoms with van der Waals surface area (Å²) in [5.74, 6) is -1.02. The summed E-state index contributed by atoms with van der Waals surface area (Å²) in [6, 6.07) is 2.84. The van der Waals surface area contributed by atoms with Crippen molar-refractivity contribution in [1.29, 1.82) is 0 Å². The maximum Gasteiger partial charge on any atom is 0.432 e. The number of aromatic nitrogens is 2. The minimum atomic E-state index is -4.69. The Balaban J connectivity index is 2.72. The lowest BCUT2D eigenvalue weighted by molar-refractivity contribution is -0.141. The number of carbonyl (C=O) groups excluding carboxylic acids is 1. The van der Waals surface area contributed by atoms with Gasteiger partial charge < -0.3 is 9.72 Å². The molecule has 0 atom stereocenters. The highest BCUT2D eigenvalue weighted by Crippen LogP contribution is 2.35. The predicted molar refractivity (Wildman–Crippen MR) is 64.8 cm³/mol. The van der Waals surface area contributed by atoms with Crippen LogP contribution in [0.1, 0.15) is 23.0 Å². The minimum Gasteiger partial charge on any atom is -0.462 e. The van der Waals surface area contributed by atoms with E-state index in [1.165, 1.54) is 19.1 Å². The van der Waals surface area contributed by atoms with Crippen LogP contribution in [-0.4, -0.2) is 22.5 Å². The van der Waals surface area contributed by atoms with Crippen molar-refractivity contribution in [2.75, 3.05) is 6.61 Å². The van der Waals surface area contributed by atoms with Gasteiger partial charge in [-0.2, -0.15) is 13.2 Å². The second-order valence-corrected chi connectivity index (χ2v) is 4.44. The number of hydrogen-bond donors (Lipinski definition) is 1. The summed E-state index contributed by atoms with van der Waals surface area (Å²) in [5.41, 5.74) is -1.71. The second kappa shape index (κ2) is 4.84. The molecule has 1 N–H and O–H groups in total. The summed E-state index contributed by atoms with van der Waals surface area (Å²) in [6.07, 6.45) is -4.69. The number of hydrogen-bond acceptors (Lipinski definition) is 3. The van der Waals surface area contributed by atoms with Crippen molar-refractivity contribution in [3.05, 3.63) is 28.0 Å². The summed E-state index contributed by atoms with van der Waals surface area (Å²) in [7, 11) is 0. The van der Waals surface area contributed by atoms with Crippen LogP contribution in [0, 0.1) is 0 Å². The van der Waals surface area contributed by atoms with Crippen LogP contribution >= 0.6 is 15.9 Å². The number of nitrogens with one attached hydrogen (secondary N) is 1. The molecule has 0 aliphatic carbocycles. The number of ether oxygens (including phenoxy) is 1. The number of H-pyrrole nitrogens is 1. The van der Waals surface area contributed by atoms with Gasteiger partial charge in [-0.3, -0.25) is 0 Å². The third kappa shape index (κ3) is 2.58. The molecule has 102 valence electrons. The Kier molecular flexibility index (Phi) is 3.53. The Bertz CT molecular complexity index is 637. The van der Waals surface area contributed by atoms with Crippen molar-refractivity contribution < 1.29 is 22.7 Å². The van der Waals surface area contributed by atoms with Gasteiger partial charge in [-0.05, 0) is 35.0 Å². The van der Waals surface area contributed by atoms with Crippen molar-refractivity contribution in [1.82, 2.24) is 9.97 Å². The third-order valence-corrected chi connectivity index (χ3v) is 2.83. The molecule has 2 aromatic heterocycles. The molecule has 0 aromatic carbocycles. The standard InChI is InChI=1S/C11H8BrF3N2O2/c1-2-19-10(18)7-5-3-4-6(12)16-9(5)17-8(7)11(13,14)15/h3-4H,2H2,1H3,(H,16,17). The normalized spacial score (nSPS) is 11.8. The quantitative estimate of drug-likeness (QED) is 0.674. The van der Waals surface area contributed by atoms with Gasteiger partial charge in [0.25, 0.3) is 0 Å². The highest BCUT2D eigenvalue weighted by Gasteiger charge is 2.39. The van der Waals surface area contributed by atoms with Crippen LogP contribution in [0.2, 0.25) is 0 Å². The molecule has 4 nitrogen and oxygen atoms in total. The van der Waals surface area contributed by atoms with Crippen molar-refractivity contribution in [2.24, 2.45) is 0 Å². The van der Waals surface area contributed by atoms with E-state index in [1.54, 1.807) is 0 Å². The highest BCUT2D eigenvalue weighted by molar-refractivity contribution is 9.10. The van der Waals surface area contributed by atoms with E-state index in [-0.39, 0.29) is 17.6 Å². The van der Waals surface area contributed by atoms with Crippen molar-refractivity contribution in [2.45, 2.75) is 13.1 Å². The molecular formula is C11H8BrF3N2O2. The first-order chi connectivity index (χ1) is 8.84. The fourth-order valence-corrected chi connectivity index (χ4v) is 1.99. The number of nitrogens with zero attached hydrogens (tertiary/aromatic N) is 1. The number of pyridine rings is 1. The third-order valence-electron chi connectivity index (χ3n) is 2.39. The molecule has 0 saturated carbocycles. The zero-order valence-corrected chi connectivity index (χ0v) is 11.2. The topological polar surface area (TPSA) is 55.0 Å². The van der Waals surface area contributed by atoms with E-state index < -0.39 is 23.4 Å². The summed E-state index contributed by atoms with van der Waals surface area (Å²) < 4.78 is 43.8. The first kappa shape index (κ1) is 13.9. The van der Waals surface area contributed by atoms with E-state index in [0.29, 0.717) is 4.60 Å². The molecule has 0 bridgehead atoms. The van der Waals surface area contributed by atoms with Crippen molar-refractivity contribution in [3.63, 3.8) is 0 Å². The SMILES string of the molecule is CCOC(=O)c1c(C(F)(F)F)[nH]c2nc(Br)ccc12. The van der Waals surface area contributed by atoms with Gasteiger partial charge in [0.1, 0.15) is 15.9 Å². The zero-order chi connectivity index (χ0) is 14.2. The Morgan fingerprint density at radius 2 is 2.16 bits per heavy atom. The monoisotopic (exact) mass is 336 g/mol. The van der Waals surface area contributed by atoms with E-state index in [9.17, 15) is 18.0 Å². The van der Waals surface area contributed by atoms with Crippen LogP contribution in [-0.2, 0) is 10.9 Å². The van der Waals surface area contributed by atoms with Crippen LogP contribution in [0.15, 0.2) is 16.7 Å². The van der Waals surface area contributed by atoms with E-state index >= 15 is 0 Å². The van der Waals surface area contributed by atoms with E-state index in [4.69, 9.17) is 0 Å². The molecule has 0 aliphatic heterocycles. The number of carbonyl (C=O) groups is 1. The molecule has 19 heavy (non-hydrogen) atoms. The summed E-state index contributed by atoms with van der Waals surface area (Å²) >= 11 is 3.06. The fraction of sp³-hybridized carbons (Fsp3) is 0.273. The lowest BCUT2D eigenvalue weighted by atomic mass is 10.1. The van der Waals surface area contributed by atoms with Crippen LogP contribution in [0.4, 0.5) is 13.2 Å². The maximum absolute atomic E-state index is 12.9. The minimum absolute atomic E-state index is 0.00718. The van der Waals surface area contributed by atoms with Gasteiger partial charge in [0.05, 0.1) is 12.2 Å². The lowest BCUT2D eigenvalue weighted by Crippen LogP contribution is -2.14. The molecule has 0 saturated heterocycles. The molecule has 0 aliphatic rings. The van der Waals surface area contributed by atoms with Gasteiger partial charge >= 0.3 is 12.1 Å². The molecule has 2 rings (SSSR count). The van der Waals surface area contributed by atoms with E-state index in [2.05, 4.69) is 30.6 Å². The van der Waals surface area contributed by atoms with E-state index in [1.807, 2.05) is 0 Å². The van der Waals surface area contributed by atoms with Crippen molar-refractivity contribution in [3.8, 4) is 0 Å². The van der Waals surface area contributed by atoms with Crippen LogP contribution in [0.5, 0.6) is 0 Å². The van der Waals surface area contributed by atoms with Gasteiger partial charge in [0.15, 0.2) is 0 Å². The molecular weight excluding hydrogens is 329 g/mol. The predicted octanol–water partition coefficient (Wildman–Crippen LogP) is 3.52. The molecule has 0 unspecified atom stereocenters. The molecule has 8 heteroatoms. The van der Waals surface area contributed by atoms with Crippen LogP contribution in [0.3, 0.4) is 0 Å². The summed E-state index contributed by atoms with van der Waals surface area (Å²) in [4.78, 5) is 17.7. The Morgan fingerprint density at radius 3 is 2.74 bits per heavy atom. The van der Waals surface area contributed by atoms with Gasteiger partial charge in [-0.1, -0.05) is 0 Å². The number of alkyl halides is 3. The molecule has 2 aromatic rings. The number of esters is 1. The van der Waals surface area contributed by atoms with Gasteiger partial charge in [-0.15, -0.1) is 0 Å². The average molecular weight is 337 g/mol. The first-order valence-corrected chi connectivity index (χ1v) is 6.06. The second-order valence-electron chi connectivity index (χ2n) is 3.62. The highest BCUT2D eigenvalue weighted by atomic mass is 79.9. The van der Waals surface area contributed by atoms with Crippen LogP contribution < -0.4 is 0 Å². The maximum atomic E-state index is 12.9. The Labute approximate surface area is 114 Å². The zero-order valence-electron chi connectivity index (χ0n) is 9.64. The Morgan fingerprint density at radius 1 is 1.47 bits per heavy atom. The van der Waals surface area contributed by atoms with Gasteiger partial charge in [0, 0.05) is 5.39 Å². The summed E-state index contributed by atoms with van der Waals surface area (Å²) in [6.45, 7) is 1.52. The van der Waals surface area contributed by atoms with Crippen LogP contribution in [0.25, 0.3) is 11.0 Å². The van der Waals surface area contributed by atoms with E-state index in [0.717, 1.165) is 0 Å². The number of rotatable bonds is 2. The first-order valence-electron chi connectivity index (χ1n) is 5.27. The molecule has 0 radical (unpaired) electrons. The van der Waals surface area contributed by atoms with Gasteiger partial charge in [-0.25, -0.2) is 9.78 Å².